The molecule has 2 N–H and O–H groups in total. The maximum atomic E-state index is 13.5. The lowest BCUT2D eigenvalue weighted by molar-refractivity contribution is 0.0549. The van der Waals surface area contributed by atoms with E-state index in [9.17, 15) is 4.39 Å². The predicted octanol–water partition coefficient (Wildman–Crippen LogP) is 2.32. The van der Waals surface area contributed by atoms with E-state index in [1.54, 1.807) is 12.1 Å². The van der Waals surface area contributed by atoms with Crippen molar-refractivity contribution < 1.29 is 9.13 Å². The fraction of sp³-hybridized carbons (Fsp3) is 0.533. The van der Waals surface area contributed by atoms with Gasteiger partial charge >= 0.3 is 0 Å². The zero-order valence-electron chi connectivity index (χ0n) is 11.8. The van der Waals surface area contributed by atoms with Gasteiger partial charge in [0.05, 0.1) is 0 Å². The Labute approximate surface area is 124 Å². The molecule has 1 fully saturated rings. The molecule has 0 aliphatic carbocycles. The molecular formula is C15H21FN2OS. The molecule has 0 radical (unpaired) electrons. The van der Waals surface area contributed by atoms with Crippen LogP contribution in [-0.4, -0.2) is 36.7 Å². The van der Waals surface area contributed by atoms with E-state index in [0.29, 0.717) is 11.5 Å². The summed E-state index contributed by atoms with van der Waals surface area (Å²) in [5.74, 6) is 0.331. The molecule has 0 spiro atoms. The first kappa shape index (κ1) is 15.4. The van der Waals surface area contributed by atoms with Crippen LogP contribution >= 0.6 is 12.2 Å². The molecule has 1 aromatic rings. The number of hydrogen-bond donors (Lipinski definition) is 1. The molecule has 1 saturated heterocycles. The van der Waals surface area contributed by atoms with Gasteiger partial charge in [-0.3, -0.25) is 0 Å². The number of nitrogens with two attached hydrogens (primary N) is 1. The molecule has 110 valence electrons. The van der Waals surface area contributed by atoms with Gasteiger partial charge in [0.25, 0.3) is 0 Å². The van der Waals surface area contributed by atoms with Crippen molar-refractivity contribution in [3.63, 3.8) is 0 Å². The molecule has 5 heteroatoms. The second-order valence-electron chi connectivity index (χ2n) is 5.43. The number of thiocarbonyl (C=S) groups is 1. The topological polar surface area (TPSA) is 38.5 Å². The summed E-state index contributed by atoms with van der Waals surface area (Å²) in [6.07, 6.45) is 2.23. The van der Waals surface area contributed by atoms with Crippen molar-refractivity contribution >= 4 is 17.2 Å². The van der Waals surface area contributed by atoms with E-state index in [4.69, 9.17) is 22.7 Å². The number of hydrogen-bond acceptors (Lipinski definition) is 3. The van der Waals surface area contributed by atoms with E-state index in [1.807, 2.05) is 0 Å². The Hall–Kier alpha value is -1.04. The third kappa shape index (κ3) is 4.23. The van der Waals surface area contributed by atoms with Crippen LogP contribution in [-0.2, 0) is 11.3 Å². The van der Waals surface area contributed by atoms with Crippen molar-refractivity contribution in [2.24, 2.45) is 11.7 Å². The Bertz CT molecular complexity index is 475. The summed E-state index contributed by atoms with van der Waals surface area (Å²) >= 11 is 4.86. The van der Waals surface area contributed by atoms with E-state index in [2.05, 4.69) is 11.9 Å². The zero-order chi connectivity index (χ0) is 14.5. The van der Waals surface area contributed by atoms with Crippen LogP contribution in [0, 0.1) is 11.7 Å². The Balaban J connectivity index is 1.95. The Morgan fingerprint density at radius 3 is 2.80 bits per heavy atom. The summed E-state index contributed by atoms with van der Waals surface area (Å²) in [5.41, 5.74) is 6.89. The van der Waals surface area contributed by atoms with Gasteiger partial charge in [0.2, 0.25) is 0 Å². The number of benzene rings is 1. The summed E-state index contributed by atoms with van der Waals surface area (Å²) in [6, 6.07) is 4.97. The number of rotatable bonds is 5. The van der Waals surface area contributed by atoms with E-state index in [1.165, 1.54) is 6.07 Å². The second-order valence-corrected chi connectivity index (χ2v) is 5.87. The summed E-state index contributed by atoms with van der Waals surface area (Å²) in [7, 11) is 2.08. The van der Waals surface area contributed by atoms with E-state index in [-0.39, 0.29) is 10.8 Å². The highest BCUT2D eigenvalue weighted by Gasteiger charge is 2.16. The zero-order valence-corrected chi connectivity index (χ0v) is 12.6. The Kier molecular flexibility index (Phi) is 5.46. The van der Waals surface area contributed by atoms with Gasteiger partial charge in [-0.2, -0.15) is 0 Å². The van der Waals surface area contributed by atoms with Crippen molar-refractivity contribution in [2.75, 3.05) is 26.8 Å². The first-order valence-corrected chi connectivity index (χ1v) is 7.31. The van der Waals surface area contributed by atoms with Crippen LogP contribution in [0.5, 0.6) is 0 Å². The van der Waals surface area contributed by atoms with Crippen LogP contribution in [0.25, 0.3) is 0 Å². The molecule has 0 unspecified atom stereocenters. The van der Waals surface area contributed by atoms with Crippen LogP contribution in [0.1, 0.15) is 24.0 Å². The first-order valence-electron chi connectivity index (χ1n) is 6.91. The lowest BCUT2D eigenvalue weighted by Crippen LogP contribution is -2.29. The maximum Gasteiger partial charge on any atom is 0.133 e. The molecule has 1 aliphatic heterocycles. The van der Waals surface area contributed by atoms with Crippen molar-refractivity contribution in [1.29, 1.82) is 0 Å². The summed E-state index contributed by atoms with van der Waals surface area (Å²) < 4.78 is 18.9. The smallest absolute Gasteiger partial charge is 0.133 e. The van der Waals surface area contributed by atoms with E-state index in [0.717, 1.165) is 44.7 Å². The van der Waals surface area contributed by atoms with Gasteiger partial charge in [-0.1, -0.05) is 18.3 Å². The molecule has 0 bridgehead atoms. The van der Waals surface area contributed by atoms with Crippen molar-refractivity contribution in [2.45, 2.75) is 19.4 Å². The summed E-state index contributed by atoms with van der Waals surface area (Å²) in [5, 5.41) is 0. The highest BCUT2D eigenvalue weighted by Crippen LogP contribution is 2.17. The normalized spacial score (nSPS) is 16.6. The van der Waals surface area contributed by atoms with Crippen molar-refractivity contribution in [1.82, 2.24) is 4.90 Å². The highest BCUT2D eigenvalue weighted by molar-refractivity contribution is 7.80. The average Bonchev–Trinajstić information content (AvgIpc) is 2.41. The number of halogens is 1. The summed E-state index contributed by atoms with van der Waals surface area (Å²) in [4.78, 5) is 2.36. The van der Waals surface area contributed by atoms with Gasteiger partial charge in [-0.25, -0.2) is 4.39 Å². The lowest BCUT2D eigenvalue weighted by Gasteiger charge is -2.27. The SMILES string of the molecule is CN(Cc1ccc(F)c(C(N)=S)c1)CC1CCOCC1. The fourth-order valence-electron chi connectivity index (χ4n) is 2.61. The molecule has 0 amide bonds. The molecule has 1 aromatic carbocycles. The predicted molar refractivity (Wildman–Crippen MR) is 82.2 cm³/mol. The maximum absolute atomic E-state index is 13.5. The third-order valence-electron chi connectivity index (χ3n) is 3.66. The number of ether oxygens (including phenoxy) is 1. The van der Waals surface area contributed by atoms with Crippen LogP contribution < -0.4 is 5.73 Å². The Morgan fingerprint density at radius 1 is 1.45 bits per heavy atom. The van der Waals surface area contributed by atoms with Gasteiger partial charge < -0.3 is 15.4 Å². The van der Waals surface area contributed by atoms with Gasteiger partial charge in [-0.15, -0.1) is 0 Å². The van der Waals surface area contributed by atoms with Crippen LogP contribution in [0.3, 0.4) is 0 Å². The molecule has 2 rings (SSSR count). The average molecular weight is 296 g/mol. The lowest BCUT2D eigenvalue weighted by atomic mass is 9.99. The van der Waals surface area contributed by atoms with E-state index < -0.39 is 0 Å². The van der Waals surface area contributed by atoms with E-state index >= 15 is 0 Å². The van der Waals surface area contributed by atoms with Gasteiger partial charge in [0.15, 0.2) is 0 Å². The minimum atomic E-state index is -0.353. The highest BCUT2D eigenvalue weighted by atomic mass is 32.1. The molecule has 1 aliphatic rings. The summed E-state index contributed by atoms with van der Waals surface area (Å²) in [6.45, 7) is 3.53. The van der Waals surface area contributed by atoms with Crippen LogP contribution in [0.2, 0.25) is 0 Å². The van der Waals surface area contributed by atoms with Crippen molar-refractivity contribution in [3.8, 4) is 0 Å². The Morgan fingerprint density at radius 2 is 2.15 bits per heavy atom. The van der Waals surface area contributed by atoms with Gasteiger partial charge in [0.1, 0.15) is 10.8 Å². The minimum Gasteiger partial charge on any atom is -0.389 e. The molecule has 20 heavy (non-hydrogen) atoms. The van der Waals surface area contributed by atoms with Crippen LogP contribution in [0.4, 0.5) is 4.39 Å². The standard InChI is InChI=1S/C15H21FN2OS/c1-18(9-11-4-6-19-7-5-11)10-12-2-3-14(16)13(8-12)15(17)20/h2-3,8,11H,4-7,9-10H2,1H3,(H2,17,20). The molecule has 0 atom stereocenters. The minimum absolute atomic E-state index is 0.108. The second kappa shape index (κ2) is 7.11. The van der Waals surface area contributed by atoms with Gasteiger partial charge in [-0.05, 0) is 43.5 Å². The monoisotopic (exact) mass is 296 g/mol. The largest absolute Gasteiger partial charge is 0.389 e. The molecule has 3 nitrogen and oxygen atoms in total. The molecule has 1 heterocycles. The van der Waals surface area contributed by atoms with Crippen molar-refractivity contribution in [3.05, 3.63) is 35.1 Å². The fourth-order valence-corrected chi connectivity index (χ4v) is 2.76. The molecule has 0 saturated carbocycles. The molecular weight excluding hydrogens is 275 g/mol. The molecule has 0 aromatic heterocycles. The number of nitrogens with zero attached hydrogens (tertiary/aromatic N) is 1. The van der Waals surface area contributed by atoms with Crippen LogP contribution in [0.15, 0.2) is 18.2 Å². The quantitative estimate of drug-likeness (QED) is 0.846. The third-order valence-corrected chi connectivity index (χ3v) is 3.88. The van der Waals surface area contributed by atoms with Gasteiger partial charge in [0, 0.05) is 31.9 Å². The first-order chi connectivity index (χ1) is 9.56.